The molecule has 1 heterocycles. The predicted octanol–water partition coefficient (Wildman–Crippen LogP) is 3.13. The summed E-state index contributed by atoms with van der Waals surface area (Å²) in [4.78, 5) is 0. The fraction of sp³-hybridized carbons (Fsp3) is 0.857. The Labute approximate surface area is 111 Å². The quantitative estimate of drug-likeness (QED) is 0.722. The summed E-state index contributed by atoms with van der Waals surface area (Å²) in [6.07, 6.45) is 4.68. The molecule has 0 saturated carbocycles. The fourth-order valence-electron chi connectivity index (χ4n) is 2.60. The van der Waals surface area contributed by atoms with Crippen molar-refractivity contribution in [1.82, 2.24) is 0 Å². The summed E-state index contributed by atoms with van der Waals surface area (Å²) in [7, 11) is 1.57. The predicted molar refractivity (Wildman–Crippen MR) is 73.5 cm³/mol. The van der Waals surface area contributed by atoms with E-state index in [9.17, 15) is 0 Å². The minimum atomic E-state index is -0.250. The van der Waals surface area contributed by atoms with Crippen LogP contribution in [0.3, 0.4) is 0 Å². The van der Waals surface area contributed by atoms with Crippen LogP contribution in [0.15, 0.2) is 11.0 Å². The normalized spacial score (nSPS) is 26.8. The van der Waals surface area contributed by atoms with E-state index in [2.05, 4.69) is 27.7 Å². The number of methoxy groups -OCH3 is 1. The molecule has 0 amide bonds. The van der Waals surface area contributed by atoms with Crippen LogP contribution >= 0.6 is 0 Å². The number of hydrogen-bond acceptors (Lipinski definition) is 3. The first-order valence-corrected chi connectivity index (χ1v) is 6.93. The zero-order valence-corrected chi connectivity index (χ0v) is 12.3. The maximum atomic E-state index is 6.14. The van der Waals surface area contributed by atoms with E-state index in [1.54, 1.807) is 7.11 Å². The van der Waals surface area contributed by atoms with Crippen molar-refractivity contribution in [2.24, 2.45) is 0 Å². The standard InChI is InChI=1S/C14H25BO3/c1-13(2)14(3,4)18-15(17-13)12-9-7-6-8-11(12)10-16-5/h6-10H2,1-5H3. The topological polar surface area (TPSA) is 27.7 Å². The van der Waals surface area contributed by atoms with Gasteiger partial charge in [0.15, 0.2) is 0 Å². The Bertz CT molecular complexity index is 331. The van der Waals surface area contributed by atoms with E-state index in [1.807, 2.05) is 0 Å². The number of allylic oxidation sites excluding steroid dienone is 1. The van der Waals surface area contributed by atoms with E-state index < -0.39 is 0 Å². The molecule has 1 fully saturated rings. The van der Waals surface area contributed by atoms with E-state index in [4.69, 9.17) is 14.0 Å². The van der Waals surface area contributed by atoms with Gasteiger partial charge in [-0.15, -0.1) is 0 Å². The van der Waals surface area contributed by atoms with Crippen LogP contribution in [0.2, 0.25) is 0 Å². The van der Waals surface area contributed by atoms with Crippen molar-refractivity contribution in [2.45, 2.75) is 64.6 Å². The van der Waals surface area contributed by atoms with Crippen LogP contribution < -0.4 is 0 Å². The third-order valence-corrected chi connectivity index (χ3v) is 4.49. The van der Waals surface area contributed by atoms with Crippen LogP contribution in [-0.2, 0) is 14.0 Å². The van der Waals surface area contributed by atoms with E-state index in [0.29, 0.717) is 6.61 Å². The zero-order chi connectivity index (χ0) is 13.4. The zero-order valence-electron chi connectivity index (χ0n) is 12.3. The van der Waals surface area contributed by atoms with Crippen LogP contribution in [0.1, 0.15) is 53.4 Å². The minimum absolute atomic E-state index is 0.180. The highest BCUT2D eigenvalue weighted by molar-refractivity contribution is 6.54. The van der Waals surface area contributed by atoms with Crippen LogP contribution in [-0.4, -0.2) is 32.0 Å². The van der Waals surface area contributed by atoms with Gasteiger partial charge in [0.25, 0.3) is 0 Å². The van der Waals surface area contributed by atoms with Gasteiger partial charge in [-0.25, -0.2) is 0 Å². The van der Waals surface area contributed by atoms with Gasteiger partial charge >= 0.3 is 7.12 Å². The lowest BCUT2D eigenvalue weighted by atomic mass is 9.69. The summed E-state index contributed by atoms with van der Waals surface area (Å²) in [5.74, 6) is 0. The molecule has 0 spiro atoms. The Balaban J connectivity index is 2.21. The van der Waals surface area contributed by atoms with Crippen molar-refractivity contribution in [1.29, 1.82) is 0 Å². The Morgan fingerprint density at radius 3 is 2.17 bits per heavy atom. The maximum absolute atomic E-state index is 6.14. The smallest absolute Gasteiger partial charge is 0.400 e. The lowest BCUT2D eigenvalue weighted by Gasteiger charge is -2.32. The molecular weight excluding hydrogens is 227 g/mol. The molecule has 0 bridgehead atoms. The largest absolute Gasteiger partial charge is 0.490 e. The summed E-state index contributed by atoms with van der Waals surface area (Å²) >= 11 is 0. The summed E-state index contributed by atoms with van der Waals surface area (Å²) < 4.78 is 17.6. The minimum Gasteiger partial charge on any atom is -0.400 e. The maximum Gasteiger partial charge on any atom is 0.490 e. The van der Waals surface area contributed by atoms with Crippen LogP contribution in [0.4, 0.5) is 0 Å². The van der Waals surface area contributed by atoms with Crippen molar-refractivity contribution in [3.63, 3.8) is 0 Å². The second-order valence-electron chi connectivity index (χ2n) is 6.36. The molecule has 0 aromatic rings. The Hall–Kier alpha value is -0.315. The van der Waals surface area contributed by atoms with E-state index >= 15 is 0 Å². The molecule has 1 aliphatic heterocycles. The number of hydrogen-bond donors (Lipinski definition) is 0. The molecular formula is C14H25BO3. The monoisotopic (exact) mass is 252 g/mol. The first-order chi connectivity index (χ1) is 8.37. The van der Waals surface area contributed by atoms with Gasteiger partial charge in [-0.05, 0) is 64.4 Å². The molecule has 102 valence electrons. The van der Waals surface area contributed by atoms with Gasteiger partial charge in [-0.1, -0.05) is 0 Å². The second kappa shape index (κ2) is 4.99. The third-order valence-electron chi connectivity index (χ3n) is 4.49. The third kappa shape index (κ3) is 2.51. The fourth-order valence-corrected chi connectivity index (χ4v) is 2.60. The molecule has 0 aromatic heterocycles. The average Bonchev–Trinajstić information content (AvgIpc) is 2.49. The van der Waals surface area contributed by atoms with Gasteiger partial charge < -0.3 is 14.0 Å². The summed E-state index contributed by atoms with van der Waals surface area (Å²) in [6, 6.07) is 0. The Morgan fingerprint density at radius 2 is 1.61 bits per heavy atom. The lowest BCUT2D eigenvalue weighted by molar-refractivity contribution is 0.00578. The van der Waals surface area contributed by atoms with Crippen LogP contribution in [0.25, 0.3) is 0 Å². The molecule has 1 saturated heterocycles. The van der Waals surface area contributed by atoms with E-state index in [0.717, 1.165) is 12.8 Å². The molecule has 2 rings (SSSR count). The highest BCUT2D eigenvalue weighted by Gasteiger charge is 2.52. The summed E-state index contributed by atoms with van der Waals surface area (Å²) in [6.45, 7) is 9.12. The van der Waals surface area contributed by atoms with Crippen molar-refractivity contribution in [2.75, 3.05) is 13.7 Å². The Kier molecular flexibility index (Phi) is 3.91. The van der Waals surface area contributed by atoms with E-state index in [1.165, 1.54) is 23.9 Å². The summed E-state index contributed by atoms with van der Waals surface area (Å²) in [5, 5.41) is 0. The highest BCUT2D eigenvalue weighted by atomic mass is 16.7. The number of rotatable bonds is 3. The van der Waals surface area contributed by atoms with Gasteiger partial charge in [-0.2, -0.15) is 0 Å². The first-order valence-electron chi connectivity index (χ1n) is 6.93. The van der Waals surface area contributed by atoms with Gasteiger partial charge in [0.05, 0.1) is 17.8 Å². The molecule has 18 heavy (non-hydrogen) atoms. The molecule has 0 radical (unpaired) electrons. The molecule has 4 heteroatoms. The van der Waals surface area contributed by atoms with Crippen molar-refractivity contribution in [3.05, 3.63) is 11.0 Å². The molecule has 0 unspecified atom stereocenters. The highest BCUT2D eigenvalue weighted by Crippen LogP contribution is 2.41. The molecule has 3 nitrogen and oxygen atoms in total. The Morgan fingerprint density at radius 1 is 1.06 bits per heavy atom. The van der Waals surface area contributed by atoms with Crippen molar-refractivity contribution in [3.8, 4) is 0 Å². The van der Waals surface area contributed by atoms with Gasteiger partial charge in [-0.3, -0.25) is 0 Å². The molecule has 1 aliphatic carbocycles. The average molecular weight is 252 g/mol. The van der Waals surface area contributed by atoms with Crippen molar-refractivity contribution >= 4 is 7.12 Å². The summed E-state index contributed by atoms with van der Waals surface area (Å²) in [5.41, 5.74) is 2.20. The molecule has 0 aromatic carbocycles. The van der Waals surface area contributed by atoms with Gasteiger partial charge in [0.2, 0.25) is 0 Å². The van der Waals surface area contributed by atoms with Crippen molar-refractivity contribution < 1.29 is 14.0 Å². The number of ether oxygens (including phenoxy) is 1. The molecule has 2 aliphatic rings. The van der Waals surface area contributed by atoms with Gasteiger partial charge in [0, 0.05) is 7.11 Å². The molecule has 0 atom stereocenters. The second-order valence-corrected chi connectivity index (χ2v) is 6.36. The first kappa shape index (κ1) is 14.1. The van der Waals surface area contributed by atoms with Crippen LogP contribution in [0, 0.1) is 0 Å². The lowest BCUT2D eigenvalue weighted by Crippen LogP contribution is -2.41. The van der Waals surface area contributed by atoms with Crippen LogP contribution in [0.5, 0.6) is 0 Å². The SMILES string of the molecule is COCC1=C(B2OC(C)(C)C(C)(C)O2)CCCC1. The van der Waals surface area contributed by atoms with E-state index in [-0.39, 0.29) is 18.3 Å². The molecule has 0 N–H and O–H groups in total. The van der Waals surface area contributed by atoms with Gasteiger partial charge in [0.1, 0.15) is 0 Å².